The molecular weight excluding hydrogens is 474 g/mol. The molecule has 0 aromatic heterocycles. The molecule has 2 aromatic rings. The van der Waals surface area contributed by atoms with E-state index in [4.69, 9.17) is 11.0 Å². The van der Waals surface area contributed by atoms with Crippen molar-refractivity contribution in [1.82, 2.24) is 4.90 Å². The van der Waals surface area contributed by atoms with Gasteiger partial charge in [0, 0.05) is 12.3 Å². The lowest BCUT2D eigenvalue weighted by molar-refractivity contribution is -0.176. The Kier molecular flexibility index (Phi) is 5.77. The van der Waals surface area contributed by atoms with Crippen LogP contribution < -0.4 is 5.73 Å². The smallest absolute Gasteiger partial charge is 0.228 e. The predicted molar refractivity (Wildman–Crippen MR) is 131 cm³/mol. The number of aliphatic hydroxyl groups is 1. The maximum atomic E-state index is 13.9. The number of benzene rings is 2. The molecule has 2 fully saturated rings. The summed E-state index contributed by atoms with van der Waals surface area (Å²) < 4.78 is 0. The summed E-state index contributed by atoms with van der Waals surface area (Å²) in [6.07, 6.45) is 0.0393. The molecule has 0 heterocycles. The molecule has 2 saturated carbocycles. The number of hydrogen-bond donors (Lipinski definition) is 3. The topological polar surface area (TPSA) is 162 Å². The Morgan fingerprint density at radius 2 is 1.81 bits per heavy atom. The standard InChI is InChI=1S/C28H27N3O6/c1-31(2)23-19-10-15-9-17-16(14-5-3-13(12-29)4-6-14)7-8-20(32)22(17)25(34)21(15)26(35)28(19,37)11-18(24(23)33)27(30)36/h3-8,15,18-19,21,23,32,37H,9-11H2,1-2H3,(H2,30,36). The van der Waals surface area contributed by atoms with Gasteiger partial charge in [-0.3, -0.25) is 24.1 Å². The molecule has 2 aromatic carbocycles. The summed E-state index contributed by atoms with van der Waals surface area (Å²) in [6.45, 7) is 0. The van der Waals surface area contributed by atoms with Crippen molar-refractivity contribution in [2.24, 2.45) is 29.4 Å². The molecule has 37 heavy (non-hydrogen) atoms. The van der Waals surface area contributed by atoms with Gasteiger partial charge >= 0.3 is 0 Å². The third-order valence-electron chi connectivity index (χ3n) is 8.39. The average Bonchev–Trinajstić information content (AvgIpc) is 2.85. The number of phenolic OH excluding ortho intramolecular Hbond substituents is 1. The molecule has 9 heteroatoms. The van der Waals surface area contributed by atoms with Crippen LogP contribution in [0.25, 0.3) is 11.1 Å². The summed E-state index contributed by atoms with van der Waals surface area (Å²) in [5, 5.41) is 31.5. The molecule has 0 radical (unpaired) electrons. The zero-order chi connectivity index (χ0) is 26.8. The molecule has 190 valence electrons. The first-order valence-corrected chi connectivity index (χ1v) is 12.1. The highest BCUT2D eigenvalue weighted by atomic mass is 16.3. The number of primary amides is 1. The van der Waals surface area contributed by atoms with E-state index in [2.05, 4.69) is 6.07 Å². The van der Waals surface area contributed by atoms with E-state index in [9.17, 15) is 29.4 Å². The number of aromatic hydroxyl groups is 1. The number of likely N-dealkylation sites (N-methyl/N-ethyl adjacent to an activating group) is 1. The van der Waals surface area contributed by atoms with Gasteiger partial charge in [0.05, 0.1) is 29.2 Å². The van der Waals surface area contributed by atoms with Crippen LogP contribution in [0.4, 0.5) is 0 Å². The van der Waals surface area contributed by atoms with Gasteiger partial charge in [-0.15, -0.1) is 0 Å². The first-order valence-electron chi connectivity index (χ1n) is 12.1. The second-order valence-corrected chi connectivity index (χ2v) is 10.6. The highest BCUT2D eigenvalue weighted by Crippen LogP contribution is 2.52. The minimum Gasteiger partial charge on any atom is -0.507 e. The quantitative estimate of drug-likeness (QED) is 0.529. The second-order valence-electron chi connectivity index (χ2n) is 10.6. The van der Waals surface area contributed by atoms with Crippen molar-refractivity contribution in [3.63, 3.8) is 0 Å². The molecule has 3 aliphatic carbocycles. The lowest BCUT2D eigenvalue weighted by Gasteiger charge is -2.53. The number of nitrogens with zero attached hydrogens (tertiary/aromatic N) is 2. The molecule has 0 bridgehead atoms. The van der Waals surface area contributed by atoms with Crippen molar-refractivity contribution in [2.75, 3.05) is 14.1 Å². The number of Topliss-reactive ketones (excluding diaryl/α,β-unsaturated/α-hetero) is 3. The number of carbonyl (C=O) groups is 4. The first kappa shape index (κ1) is 24.8. The van der Waals surface area contributed by atoms with Gasteiger partial charge in [0.2, 0.25) is 5.91 Å². The van der Waals surface area contributed by atoms with E-state index >= 15 is 0 Å². The number of phenols is 1. The molecule has 0 spiro atoms. The third-order valence-corrected chi connectivity index (χ3v) is 8.39. The number of nitrogens with two attached hydrogens (primary N) is 1. The maximum absolute atomic E-state index is 13.9. The van der Waals surface area contributed by atoms with Gasteiger partial charge in [0.1, 0.15) is 17.3 Å². The van der Waals surface area contributed by atoms with Crippen molar-refractivity contribution in [3.05, 3.63) is 53.1 Å². The summed E-state index contributed by atoms with van der Waals surface area (Å²) >= 11 is 0. The van der Waals surface area contributed by atoms with E-state index in [1.807, 2.05) is 0 Å². The maximum Gasteiger partial charge on any atom is 0.228 e. The largest absolute Gasteiger partial charge is 0.507 e. The van der Waals surface area contributed by atoms with Crippen LogP contribution in [0.2, 0.25) is 0 Å². The molecule has 0 saturated heterocycles. The van der Waals surface area contributed by atoms with Crippen LogP contribution in [0.15, 0.2) is 36.4 Å². The van der Waals surface area contributed by atoms with E-state index in [0.29, 0.717) is 16.7 Å². The lowest BCUT2D eigenvalue weighted by atomic mass is 9.52. The summed E-state index contributed by atoms with van der Waals surface area (Å²) in [5.74, 6) is -6.76. The fourth-order valence-electron chi connectivity index (χ4n) is 6.71. The van der Waals surface area contributed by atoms with Crippen LogP contribution in [0.5, 0.6) is 5.75 Å². The molecule has 6 atom stereocenters. The number of fused-ring (bicyclic) bond motifs is 3. The fourth-order valence-corrected chi connectivity index (χ4v) is 6.71. The van der Waals surface area contributed by atoms with Crippen molar-refractivity contribution in [2.45, 2.75) is 30.9 Å². The lowest BCUT2D eigenvalue weighted by Crippen LogP contribution is -2.69. The Bertz CT molecular complexity index is 1390. The van der Waals surface area contributed by atoms with E-state index < -0.39 is 65.0 Å². The molecule has 0 aliphatic heterocycles. The van der Waals surface area contributed by atoms with Crippen LogP contribution >= 0.6 is 0 Å². The highest BCUT2D eigenvalue weighted by molar-refractivity contribution is 6.18. The predicted octanol–water partition coefficient (Wildman–Crippen LogP) is 1.23. The molecule has 4 N–H and O–H groups in total. The highest BCUT2D eigenvalue weighted by Gasteiger charge is 2.64. The Balaban J connectivity index is 1.62. The van der Waals surface area contributed by atoms with Crippen LogP contribution in [-0.2, 0) is 20.8 Å². The molecule has 3 aliphatic rings. The summed E-state index contributed by atoms with van der Waals surface area (Å²) in [5.41, 5.74) is 5.96. The Morgan fingerprint density at radius 1 is 1.14 bits per heavy atom. The van der Waals surface area contributed by atoms with Crippen molar-refractivity contribution in [1.29, 1.82) is 5.26 Å². The Morgan fingerprint density at radius 3 is 2.41 bits per heavy atom. The number of ketones is 3. The van der Waals surface area contributed by atoms with Gasteiger partial charge in [-0.05, 0) is 67.7 Å². The monoisotopic (exact) mass is 501 g/mol. The minimum atomic E-state index is -2.07. The number of amides is 1. The zero-order valence-electron chi connectivity index (χ0n) is 20.5. The number of carbonyl (C=O) groups excluding carboxylic acids is 4. The van der Waals surface area contributed by atoms with E-state index in [-0.39, 0.29) is 24.2 Å². The fraction of sp³-hybridized carbons (Fsp3) is 0.393. The molecule has 1 amide bonds. The average molecular weight is 502 g/mol. The molecule has 6 unspecified atom stereocenters. The first-order chi connectivity index (χ1) is 17.5. The zero-order valence-corrected chi connectivity index (χ0v) is 20.5. The summed E-state index contributed by atoms with van der Waals surface area (Å²) in [4.78, 5) is 54.5. The Labute approximate surface area is 213 Å². The SMILES string of the molecule is CN(C)C1C(=O)C(C(N)=O)CC2(O)C(=O)C3C(=O)c4c(O)ccc(-c5ccc(C#N)cc5)c4CC3CC12. The summed E-state index contributed by atoms with van der Waals surface area (Å²) in [7, 11) is 3.29. The molecule has 5 rings (SSSR count). The van der Waals surface area contributed by atoms with Gasteiger partial charge in [-0.1, -0.05) is 18.2 Å². The van der Waals surface area contributed by atoms with Crippen LogP contribution in [0.1, 0.15) is 34.3 Å². The number of rotatable bonds is 3. The minimum absolute atomic E-state index is 0.0426. The van der Waals surface area contributed by atoms with Crippen molar-refractivity contribution < 1.29 is 29.4 Å². The van der Waals surface area contributed by atoms with Crippen LogP contribution in [0.3, 0.4) is 0 Å². The number of hydrogen-bond acceptors (Lipinski definition) is 8. The number of nitriles is 1. The molecular formula is C28H27N3O6. The van der Waals surface area contributed by atoms with E-state index in [1.165, 1.54) is 6.07 Å². The van der Waals surface area contributed by atoms with Crippen molar-refractivity contribution in [3.8, 4) is 22.9 Å². The van der Waals surface area contributed by atoms with Gasteiger partial charge in [0.15, 0.2) is 17.3 Å². The van der Waals surface area contributed by atoms with Crippen LogP contribution in [-0.4, -0.2) is 64.1 Å². The van der Waals surface area contributed by atoms with Gasteiger partial charge in [-0.2, -0.15) is 5.26 Å². The third kappa shape index (κ3) is 3.59. The summed E-state index contributed by atoms with van der Waals surface area (Å²) in [6, 6.07) is 11.1. The second kappa shape index (κ2) is 8.61. The molecule has 9 nitrogen and oxygen atoms in total. The van der Waals surface area contributed by atoms with E-state index in [0.717, 1.165) is 5.56 Å². The van der Waals surface area contributed by atoms with Crippen molar-refractivity contribution >= 4 is 23.3 Å². The van der Waals surface area contributed by atoms with Gasteiger partial charge < -0.3 is 15.9 Å². The Hall–Kier alpha value is -3.87. The normalized spacial score (nSPS) is 30.8. The van der Waals surface area contributed by atoms with Gasteiger partial charge in [-0.25, -0.2) is 0 Å². The van der Waals surface area contributed by atoms with Gasteiger partial charge in [0.25, 0.3) is 0 Å². The van der Waals surface area contributed by atoms with Crippen LogP contribution in [0, 0.1) is 35.0 Å². The van der Waals surface area contributed by atoms with E-state index in [1.54, 1.807) is 49.3 Å².